The zero-order chi connectivity index (χ0) is 15.4. The van der Waals surface area contributed by atoms with Crippen molar-refractivity contribution in [2.24, 2.45) is 0 Å². The number of carbonyl (C=O) groups is 1. The summed E-state index contributed by atoms with van der Waals surface area (Å²) in [4.78, 5) is 17.0. The summed E-state index contributed by atoms with van der Waals surface area (Å²) >= 11 is 0. The molecule has 0 aromatic carbocycles. The van der Waals surface area contributed by atoms with Gasteiger partial charge in [-0.15, -0.1) is 0 Å². The molecule has 0 aliphatic carbocycles. The fourth-order valence-corrected chi connectivity index (χ4v) is 3.75. The van der Waals surface area contributed by atoms with Gasteiger partial charge in [-0.05, 0) is 19.8 Å². The van der Waals surface area contributed by atoms with Crippen LogP contribution in [0.3, 0.4) is 0 Å². The van der Waals surface area contributed by atoms with Crippen LogP contribution >= 0.6 is 0 Å². The van der Waals surface area contributed by atoms with Crippen molar-refractivity contribution < 1.29 is 14.3 Å². The Morgan fingerprint density at radius 1 is 1.23 bits per heavy atom. The second-order valence-electron chi connectivity index (χ2n) is 6.72. The molecule has 0 aromatic rings. The minimum atomic E-state index is 0.194. The Morgan fingerprint density at radius 2 is 2.05 bits per heavy atom. The molecule has 0 radical (unpaired) electrons. The molecule has 126 valence electrons. The smallest absolute Gasteiger partial charge is 0.224 e. The summed E-state index contributed by atoms with van der Waals surface area (Å²) in [5, 5.41) is 3.36. The third-order valence-electron chi connectivity index (χ3n) is 5.03. The topological polar surface area (TPSA) is 54.0 Å². The van der Waals surface area contributed by atoms with Crippen LogP contribution < -0.4 is 5.32 Å². The number of ether oxygens (including phenoxy) is 2. The van der Waals surface area contributed by atoms with Gasteiger partial charge in [-0.25, -0.2) is 0 Å². The zero-order valence-corrected chi connectivity index (χ0v) is 13.6. The Kier molecular flexibility index (Phi) is 5.68. The van der Waals surface area contributed by atoms with E-state index < -0.39 is 0 Å². The average Bonchev–Trinajstić information content (AvgIpc) is 2.56. The Labute approximate surface area is 133 Å². The maximum atomic E-state index is 12.4. The number of rotatable bonds is 3. The van der Waals surface area contributed by atoms with Crippen molar-refractivity contribution in [3.8, 4) is 0 Å². The predicted octanol–water partition coefficient (Wildman–Crippen LogP) is 0.0766. The second-order valence-corrected chi connectivity index (χ2v) is 6.72. The molecule has 3 rings (SSSR count). The Morgan fingerprint density at radius 3 is 2.73 bits per heavy atom. The first-order valence-corrected chi connectivity index (χ1v) is 8.67. The van der Waals surface area contributed by atoms with E-state index in [1.165, 1.54) is 0 Å². The highest BCUT2D eigenvalue weighted by Crippen LogP contribution is 2.20. The highest BCUT2D eigenvalue weighted by Gasteiger charge is 2.30. The molecule has 0 saturated carbocycles. The van der Waals surface area contributed by atoms with Crippen LogP contribution in [0, 0.1) is 0 Å². The molecule has 3 heterocycles. The van der Waals surface area contributed by atoms with Crippen LogP contribution in [0.25, 0.3) is 0 Å². The molecule has 2 atom stereocenters. The summed E-state index contributed by atoms with van der Waals surface area (Å²) < 4.78 is 11.0. The molecular weight excluding hydrogens is 282 g/mol. The quantitative estimate of drug-likeness (QED) is 0.800. The van der Waals surface area contributed by atoms with E-state index in [0.29, 0.717) is 25.2 Å². The molecule has 0 bridgehead atoms. The maximum absolute atomic E-state index is 12.4. The molecule has 22 heavy (non-hydrogen) atoms. The zero-order valence-electron chi connectivity index (χ0n) is 13.6. The third-order valence-corrected chi connectivity index (χ3v) is 5.03. The number of nitrogens with one attached hydrogen (secondary N) is 1. The molecule has 6 nitrogen and oxygen atoms in total. The van der Waals surface area contributed by atoms with Crippen LogP contribution in [0.5, 0.6) is 0 Å². The van der Waals surface area contributed by atoms with E-state index in [-0.39, 0.29) is 11.9 Å². The lowest BCUT2D eigenvalue weighted by Gasteiger charge is -2.42. The van der Waals surface area contributed by atoms with Gasteiger partial charge in [0.25, 0.3) is 0 Å². The first kappa shape index (κ1) is 16.2. The fourth-order valence-electron chi connectivity index (χ4n) is 3.75. The summed E-state index contributed by atoms with van der Waals surface area (Å²) in [6, 6.07) is 0.811. The van der Waals surface area contributed by atoms with Crippen LogP contribution in [-0.4, -0.2) is 86.4 Å². The van der Waals surface area contributed by atoms with Gasteiger partial charge >= 0.3 is 0 Å². The van der Waals surface area contributed by atoms with Crippen molar-refractivity contribution in [3.05, 3.63) is 0 Å². The molecule has 6 heteroatoms. The van der Waals surface area contributed by atoms with Crippen LogP contribution in [0.1, 0.15) is 26.2 Å². The Bertz CT molecular complexity index is 366. The van der Waals surface area contributed by atoms with E-state index >= 15 is 0 Å². The van der Waals surface area contributed by atoms with Crippen molar-refractivity contribution in [1.29, 1.82) is 0 Å². The van der Waals surface area contributed by atoms with Gasteiger partial charge in [-0.3, -0.25) is 9.69 Å². The number of morpholine rings is 2. The van der Waals surface area contributed by atoms with Crippen molar-refractivity contribution in [3.63, 3.8) is 0 Å². The monoisotopic (exact) mass is 311 g/mol. The Balaban J connectivity index is 1.41. The number of amides is 1. The summed E-state index contributed by atoms with van der Waals surface area (Å²) in [7, 11) is 0. The number of nitrogens with zero attached hydrogens (tertiary/aromatic N) is 2. The lowest BCUT2D eigenvalue weighted by atomic mass is 10.0. The lowest BCUT2D eigenvalue weighted by molar-refractivity contribution is -0.134. The van der Waals surface area contributed by atoms with Crippen LogP contribution in [0.15, 0.2) is 0 Å². The first-order valence-electron chi connectivity index (χ1n) is 8.67. The van der Waals surface area contributed by atoms with Gasteiger partial charge in [0.05, 0.1) is 25.9 Å². The van der Waals surface area contributed by atoms with E-state index in [1.807, 2.05) is 4.90 Å². The number of hydrogen-bond acceptors (Lipinski definition) is 5. The first-order chi connectivity index (χ1) is 10.7. The number of piperidine rings is 1. The molecule has 1 N–H and O–H groups in total. The van der Waals surface area contributed by atoms with Gasteiger partial charge in [0, 0.05) is 51.2 Å². The highest BCUT2D eigenvalue weighted by atomic mass is 16.5. The van der Waals surface area contributed by atoms with Gasteiger partial charge in [0.1, 0.15) is 0 Å². The normalized spacial score (nSPS) is 32.1. The highest BCUT2D eigenvalue weighted by molar-refractivity contribution is 5.77. The minimum Gasteiger partial charge on any atom is -0.378 e. The molecule has 3 fully saturated rings. The standard InChI is InChI=1S/C16H29N3O3/c1-13-11-19(7-9-22-13)15-2-5-18(6-3-15)16(20)10-14-12-21-8-4-17-14/h13-15,17H,2-12H2,1H3. The van der Waals surface area contributed by atoms with Gasteiger partial charge in [-0.1, -0.05) is 0 Å². The van der Waals surface area contributed by atoms with Gasteiger partial charge in [0.15, 0.2) is 0 Å². The van der Waals surface area contributed by atoms with E-state index in [0.717, 1.165) is 58.8 Å². The van der Waals surface area contributed by atoms with Gasteiger partial charge < -0.3 is 19.7 Å². The number of hydrogen-bond donors (Lipinski definition) is 1. The lowest BCUT2D eigenvalue weighted by Crippen LogP contribution is -2.52. The average molecular weight is 311 g/mol. The SMILES string of the molecule is CC1CN(C2CCN(C(=O)CC3COCCN3)CC2)CCO1. The molecular formula is C16H29N3O3. The fraction of sp³-hybridized carbons (Fsp3) is 0.938. The summed E-state index contributed by atoms with van der Waals surface area (Å²) in [6.45, 7) is 9.11. The van der Waals surface area contributed by atoms with Crippen molar-refractivity contribution >= 4 is 5.91 Å². The van der Waals surface area contributed by atoms with Gasteiger partial charge in [0.2, 0.25) is 5.91 Å². The van der Waals surface area contributed by atoms with E-state index in [2.05, 4.69) is 17.1 Å². The molecule has 3 aliphatic heterocycles. The number of likely N-dealkylation sites (tertiary alicyclic amines) is 1. The van der Waals surface area contributed by atoms with Gasteiger partial charge in [-0.2, -0.15) is 0 Å². The predicted molar refractivity (Wildman–Crippen MR) is 83.8 cm³/mol. The van der Waals surface area contributed by atoms with E-state index in [9.17, 15) is 4.79 Å². The Hall–Kier alpha value is -0.690. The molecule has 0 aromatic heterocycles. The molecule has 2 unspecified atom stereocenters. The molecule has 3 aliphatic rings. The summed E-state index contributed by atoms with van der Waals surface area (Å²) in [5.74, 6) is 0.275. The molecule has 0 spiro atoms. The van der Waals surface area contributed by atoms with E-state index in [1.54, 1.807) is 0 Å². The third kappa shape index (κ3) is 4.19. The minimum absolute atomic E-state index is 0.194. The van der Waals surface area contributed by atoms with Crippen LogP contribution in [0.4, 0.5) is 0 Å². The number of carbonyl (C=O) groups excluding carboxylic acids is 1. The van der Waals surface area contributed by atoms with Crippen molar-refractivity contribution in [2.45, 2.75) is 44.4 Å². The van der Waals surface area contributed by atoms with Crippen LogP contribution in [-0.2, 0) is 14.3 Å². The second kappa shape index (κ2) is 7.73. The molecule has 3 saturated heterocycles. The largest absolute Gasteiger partial charge is 0.378 e. The van der Waals surface area contributed by atoms with Crippen molar-refractivity contribution in [1.82, 2.24) is 15.1 Å². The van der Waals surface area contributed by atoms with E-state index in [4.69, 9.17) is 9.47 Å². The molecule has 1 amide bonds. The summed E-state index contributed by atoms with van der Waals surface area (Å²) in [6.07, 6.45) is 3.09. The van der Waals surface area contributed by atoms with Crippen molar-refractivity contribution in [2.75, 3.05) is 52.5 Å². The van der Waals surface area contributed by atoms with Crippen LogP contribution in [0.2, 0.25) is 0 Å². The summed E-state index contributed by atoms with van der Waals surface area (Å²) in [5.41, 5.74) is 0. The maximum Gasteiger partial charge on any atom is 0.224 e.